The zero-order valence-corrected chi connectivity index (χ0v) is 13.6. The molecule has 5 nitrogen and oxygen atoms in total. The molecule has 0 aliphatic heterocycles. The Bertz CT molecular complexity index is 643. The summed E-state index contributed by atoms with van der Waals surface area (Å²) in [6.45, 7) is 0.477. The van der Waals surface area contributed by atoms with E-state index in [4.69, 9.17) is 14.2 Å². The van der Waals surface area contributed by atoms with Crippen LogP contribution in [-0.2, 0) is 11.3 Å². The predicted octanol–water partition coefficient (Wildman–Crippen LogP) is 2.74. The van der Waals surface area contributed by atoms with Gasteiger partial charge in [0.1, 0.15) is 5.75 Å². The van der Waals surface area contributed by atoms with Crippen molar-refractivity contribution in [1.82, 2.24) is 4.90 Å². The van der Waals surface area contributed by atoms with E-state index in [1.165, 1.54) is 0 Å². The first-order valence-corrected chi connectivity index (χ1v) is 7.26. The minimum Gasteiger partial charge on any atom is -0.493 e. The Morgan fingerprint density at radius 1 is 1.00 bits per heavy atom. The summed E-state index contributed by atoms with van der Waals surface area (Å²) in [4.78, 5) is 13.8. The standard InChI is InChI=1S/C18H21NO4/c1-19(18(20)13-23-15-7-5-4-6-8-15)12-14-9-10-16(21-2)17(11-14)22-3/h4-11H,12-13H2,1-3H3. The maximum absolute atomic E-state index is 12.1. The molecule has 1 amide bonds. The van der Waals surface area contributed by atoms with Crippen LogP contribution in [0.2, 0.25) is 0 Å². The number of rotatable bonds is 7. The van der Waals surface area contributed by atoms with E-state index in [1.807, 2.05) is 48.5 Å². The third kappa shape index (κ3) is 4.64. The molecule has 0 aromatic heterocycles. The number of amides is 1. The van der Waals surface area contributed by atoms with Crippen molar-refractivity contribution in [1.29, 1.82) is 0 Å². The Morgan fingerprint density at radius 2 is 1.70 bits per heavy atom. The Morgan fingerprint density at radius 3 is 2.35 bits per heavy atom. The Labute approximate surface area is 136 Å². The molecule has 0 unspecified atom stereocenters. The highest BCUT2D eigenvalue weighted by atomic mass is 16.5. The molecule has 2 aromatic rings. The largest absolute Gasteiger partial charge is 0.493 e. The second-order valence-corrected chi connectivity index (χ2v) is 5.04. The molecule has 2 rings (SSSR count). The third-order valence-corrected chi connectivity index (χ3v) is 3.40. The number of carbonyl (C=O) groups is 1. The van der Waals surface area contributed by atoms with E-state index in [1.54, 1.807) is 26.2 Å². The summed E-state index contributed by atoms with van der Waals surface area (Å²) in [6.07, 6.45) is 0. The molecule has 0 N–H and O–H groups in total. The average molecular weight is 315 g/mol. The normalized spacial score (nSPS) is 10.0. The van der Waals surface area contributed by atoms with Gasteiger partial charge in [0.15, 0.2) is 18.1 Å². The molecule has 0 radical (unpaired) electrons. The van der Waals surface area contributed by atoms with Gasteiger partial charge in [-0.2, -0.15) is 0 Å². The monoisotopic (exact) mass is 315 g/mol. The van der Waals surface area contributed by atoms with Gasteiger partial charge in [0.2, 0.25) is 0 Å². The van der Waals surface area contributed by atoms with Crippen molar-refractivity contribution in [2.45, 2.75) is 6.54 Å². The van der Waals surface area contributed by atoms with E-state index in [2.05, 4.69) is 0 Å². The first-order chi connectivity index (χ1) is 11.1. The number of nitrogens with zero attached hydrogens (tertiary/aromatic N) is 1. The minimum absolute atomic E-state index is 0.00774. The zero-order chi connectivity index (χ0) is 16.7. The summed E-state index contributed by atoms with van der Waals surface area (Å²) in [7, 11) is 4.92. The highest BCUT2D eigenvalue weighted by Crippen LogP contribution is 2.27. The Kier molecular flexibility index (Phi) is 5.86. The van der Waals surface area contributed by atoms with Crippen molar-refractivity contribution in [2.75, 3.05) is 27.9 Å². The average Bonchev–Trinajstić information content (AvgIpc) is 2.60. The maximum Gasteiger partial charge on any atom is 0.260 e. The van der Waals surface area contributed by atoms with E-state index < -0.39 is 0 Å². The van der Waals surface area contributed by atoms with Gasteiger partial charge in [-0.05, 0) is 29.8 Å². The topological polar surface area (TPSA) is 48.0 Å². The number of hydrogen-bond donors (Lipinski definition) is 0. The highest BCUT2D eigenvalue weighted by molar-refractivity contribution is 5.77. The van der Waals surface area contributed by atoms with Crippen LogP contribution in [0.3, 0.4) is 0 Å². The number of likely N-dealkylation sites (N-methyl/N-ethyl adjacent to an activating group) is 1. The van der Waals surface area contributed by atoms with Crippen LogP contribution in [0.5, 0.6) is 17.2 Å². The lowest BCUT2D eigenvalue weighted by Gasteiger charge is -2.18. The molecule has 0 aliphatic rings. The number of hydrogen-bond acceptors (Lipinski definition) is 4. The lowest BCUT2D eigenvalue weighted by molar-refractivity contribution is -0.132. The molecular weight excluding hydrogens is 294 g/mol. The van der Waals surface area contributed by atoms with Crippen LogP contribution in [-0.4, -0.2) is 38.7 Å². The summed E-state index contributed by atoms with van der Waals surface area (Å²) in [6, 6.07) is 14.9. The quantitative estimate of drug-likeness (QED) is 0.788. The second-order valence-electron chi connectivity index (χ2n) is 5.04. The van der Waals surface area contributed by atoms with Crippen LogP contribution in [0, 0.1) is 0 Å². The summed E-state index contributed by atoms with van der Waals surface area (Å²) < 4.78 is 15.9. The fourth-order valence-corrected chi connectivity index (χ4v) is 2.11. The van der Waals surface area contributed by atoms with Crippen molar-refractivity contribution in [3.63, 3.8) is 0 Å². The SMILES string of the molecule is COc1ccc(CN(C)C(=O)COc2ccccc2)cc1OC. The smallest absolute Gasteiger partial charge is 0.260 e. The van der Waals surface area contributed by atoms with Gasteiger partial charge in [0, 0.05) is 13.6 Å². The lowest BCUT2D eigenvalue weighted by Crippen LogP contribution is -2.30. The molecule has 0 aliphatic carbocycles. The van der Waals surface area contributed by atoms with E-state index in [0.717, 1.165) is 5.56 Å². The van der Waals surface area contributed by atoms with Gasteiger partial charge in [-0.25, -0.2) is 0 Å². The molecule has 2 aromatic carbocycles. The first kappa shape index (κ1) is 16.7. The van der Waals surface area contributed by atoms with Crippen LogP contribution in [0.25, 0.3) is 0 Å². The summed E-state index contributed by atoms with van der Waals surface area (Å²) in [5.41, 5.74) is 0.957. The Balaban J connectivity index is 1.93. The minimum atomic E-state index is -0.0939. The number of ether oxygens (including phenoxy) is 3. The molecule has 0 atom stereocenters. The molecule has 23 heavy (non-hydrogen) atoms. The van der Waals surface area contributed by atoms with E-state index in [-0.39, 0.29) is 12.5 Å². The van der Waals surface area contributed by atoms with E-state index in [9.17, 15) is 4.79 Å². The van der Waals surface area contributed by atoms with Crippen molar-refractivity contribution in [3.05, 3.63) is 54.1 Å². The summed E-state index contributed by atoms with van der Waals surface area (Å²) >= 11 is 0. The first-order valence-electron chi connectivity index (χ1n) is 7.26. The van der Waals surface area contributed by atoms with Gasteiger partial charge in [-0.15, -0.1) is 0 Å². The van der Waals surface area contributed by atoms with Crippen LogP contribution in [0.1, 0.15) is 5.56 Å². The van der Waals surface area contributed by atoms with Crippen LogP contribution < -0.4 is 14.2 Å². The molecule has 0 heterocycles. The fraction of sp³-hybridized carbons (Fsp3) is 0.278. The van der Waals surface area contributed by atoms with E-state index >= 15 is 0 Å². The molecule has 0 saturated heterocycles. The molecule has 122 valence electrons. The maximum atomic E-state index is 12.1. The number of carbonyl (C=O) groups excluding carboxylic acids is 1. The fourth-order valence-electron chi connectivity index (χ4n) is 2.11. The van der Waals surface area contributed by atoms with Gasteiger partial charge in [-0.1, -0.05) is 24.3 Å². The predicted molar refractivity (Wildman–Crippen MR) is 88.0 cm³/mol. The van der Waals surface area contributed by atoms with E-state index in [0.29, 0.717) is 23.8 Å². The van der Waals surface area contributed by atoms with Crippen molar-refractivity contribution >= 4 is 5.91 Å². The van der Waals surface area contributed by atoms with Gasteiger partial charge < -0.3 is 19.1 Å². The zero-order valence-electron chi connectivity index (χ0n) is 13.6. The molecule has 0 bridgehead atoms. The number of methoxy groups -OCH3 is 2. The highest BCUT2D eigenvalue weighted by Gasteiger charge is 2.12. The molecule has 0 fully saturated rings. The number of benzene rings is 2. The summed E-state index contributed by atoms with van der Waals surface area (Å²) in [5.74, 6) is 1.90. The van der Waals surface area contributed by atoms with Crippen molar-refractivity contribution < 1.29 is 19.0 Å². The molecule has 0 saturated carbocycles. The third-order valence-electron chi connectivity index (χ3n) is 3.40. The molecule has 5 heteroatoms. The van der Waals surface area contributed by atoms with Crippen LogP contribution >= 0.6 is 0 Å². The molecular formula is C18H21NO4. The van der Waals surface area contributed by atoms with Crippen molar-refractivity contribution in [2.24, 2.45) is 0 Å². The van der Waals surface area contributed by atoms with Crippen LogP contribution in [0.15, 0.2) is 48.5 Å². The second kappa shape index (κ2) is 8.08. The van der Waals surface area contributed by atoms with Gasteiger partial charge in [0.05, 0.1) is 14.2 Å². The lowest BCUT2D eigenvalue weighted by atomic mass is 10.2. The summed E-state index contributed by atoms with van der Waals surface area (Å²) in [5, 5.41) is 0. The van der Waals surface area contributed by atoms with Gasteiger partial charge >= 0.3 is 0 Å². The van der Waals surface area contributed by atoms with Gasteiger partial charge in [0.25, 0.3) is 5.91 Å². The Hall–Kier alpha value is -2.69. The molecule has 0 spiro atoms. The van der Waals surface area contributed by atoms with Gasteiger partial charge in [-0.3, -0.25) is 4.79 Å². The number of para-hydroxylation sites is 1. The van der Waals surface area contributed by atoms with Crippen molar-refractivity contribution in [3.8, 4) is 17.2 Å². The van der Waals surface area contributed by atoms with Crippen LogP contribution in [0.4, 0.5) is 0 Å².